The van der Waals surface area contributed by atoms with E-state index in [2.05, 4.69) is 32.9 Å². The molecule has 0 spiro atoms. The highest BCUT2D eigenvalue weighted by Gasteiger charge is 2.33. The lowest BCUT2D eigenvalue weighted by molar-refractivity contribution is -0.137. The Kier molecular flexibility index (Phi) is 6.28. The summed E-state index contributed by atoms with van der Waals surface area (Å²) < 4.78 is 37.3. The summed E-state index contributed by atoms with van der Waals surface area (Å²) in [5.41, 5.74) is -0.742. The van der Waals surface area contributed by atoms with Crippen molar-refractivity contribution in [2.45, 2.75) is 38.9 Å². The number of nitrogens with one attached hydrogen (secondary N) is 3. The Balaban J connectivity index is 1.70. The van der Waals surface area contributed by atoms with Gasteiger partial charge < -0.3 is 16.0 Å². The van der Waals surface area contributed by atoms with Gasteiger partial charge in [-0.2, -0.15) is 13.2 Å². The van der Waals surface area contributed by atoms with Crippen LogP contribution in [0.25, 0.3) is 0 Å². The predicted octanol–water partition coefficient (Wildman–Crippen LogP) is 2.87. The second kappa shape index (κ2) is 8.21. The summed E-state index contributed by atoms with van der Waals surface area (Å²) in [4.78, 5) is 8.26. The number of halogens is 3. The molecule has 2 atom stereocenters. The third-order valence-corrected chi connectivity index (χ3v) is 3.78. The monoisotopic (exact) mass is 343 g/mol. The number of pyridine rings is 1. The summed E-state index contributed by atoms with van der Waals surface area (Å²) >= 11 is 0. The Labute approximate surface area is 140 Å². The molecule has 5 nitrogen and oxygen atoms in total. The summed E-state index contributed by atoms with van der Waals surface area (Å²) in [5, 5.41) is 9.57. The van der Waals surface area contributed by atoms with Gasteiger partial charge in [0.15, 0.2) is 5.96 Å². The fraction of sp³-hybridized carbons (Fsp3) is 0.625. The van der Waals surface area contributed by atoms with Crippen molar-refractivity contribution in [1.82, 2.24) is 15.6 Å². The highest BCUT2D eigenvalue weighted by Crippen LogP contribution is 2.29. The van der Waals surface area contributed by atoms with Crippen LogP contribution in [0.3, 0.4) is 0 Å². The van der Waals surface area contributed by atoms with E-state index >= 15 is 0 Å². The molecule has 0 aliphatic heterocycles. The first-order valence-corrected chi connectivity index (χ1v) is 8.22. The average Bonchev–Trinajstić information content (AvgIpc) is 3.21. The summed E-state index contributed by atoms with van der Waals surface area (Å²) in [7, 11) is 0. The molecular weight excluding hydrogens is 319 g/mol. The Morgan fingerprint density at radius 1 is 1.38 bits per heavy atom. The first kappa shape index (κ1) is 18.4. The van der Waals surface area contributed by atoms with Gasteiger partial charge in [0, 0.05) is 31.9 Å². The number of anilines is 1. The van der Waals surface area contributed by atoms with Crippen LogP contribution in [-0.2, 0) is 6.18 Å². The van der Waals surface area contributed by atoms with Gasteiger partial charge in [-0.1, -0.05) is 6.92 Å². The largest absolute Gasteiger partial charge is 0.417 e. The van der Waals surface area contributed by atoms with Gasteiger partial charge in [0.1, 0.15) is 5.82 Å². The number of rotatable bonds is 7. The van der Waals surface area contributed by atoms with Crippen LogP contribution in [0.4, 0.5) is 19.0 Å². The van der Waals surface area contributed by atoms with Crippen molar-refractivity contribution < 1.29 is 13.2 Å². The van der Waals surface area contributed by atoms with Crippen LogP contribution in [-0.4, -0.2) is 36.6 Å². The number of nitrogens with zero attached hydrogens (tertiary/aromatic N) is 2. The molecule has 0 bridgehead atoms. The Hall–Kier alpha value is -1.99. The van der Waals surface area contributed by atoms with Gasteiger partial charge in [-0.25, -0.2) is 4.98 Å². The topological polar surface area (TPSA) is 61.3 Å². The fourth-order valence-corrected chi connectivity index (χ4v) is 2.17. The molecule has 134 valence electrons. The van der Waals surface area contributed by atoms with E-state index in [1.807, 2.05) is 6.92 Å². The smallest absolute Gasteiger partial charge is 0.370 e. The molecule has 1 aliphatic carbocycles. The van der Waals surface area contributed by atoms with Crippen molar-refractivity contribution in [1.29, 1.82) is 0 Å². The van der Waals surface area contributed by atoms with Crippen molar-refractivity contribution in [3.05, 3.63) is 23.9 Å². The molecule has 1 saturated carbocycles. The maximum atomic E-state index is 12.4. The zero-order chi connectivity index (χ0) is 17.6. The van der Waals surface area contributed by atoms with Crippen molar-refractivity contribution >= 4 is 11.8 Å². The molecular formula is C16H24F3N5. The Morgan fingerprint density at radius 2 is 2.12 bits per heavy atom. The lowest BCUT2D eigenvalue weighted by atomic mass is 10.3. The highest BCUT2D eigenvalue weighted by atomic mass is 19.4. The molecule has 1 fully saturated rings. The molecule has 2 rings (SSSR count). The van der Waals surface area contributed by atoms with E-state index in [9.17, 15) is 13.2 Å². The zero-order valence-corrected chi connectivity index (χ0v) is 14.0. The number of aromatic nitrogens is 1. The van der Waals surface area contributed by atoms with Crippen molar-refractivity contribution in [2.75, 3.05) is 25.0 Å². The van der Waals surface area contributed by atoms with Crippen LogP contribution in [0.15, 0.2) is 23.3 Å². The molecule has 0 radical (unpaired) electrons. The summed E-state index contributed by atoms with van der Waals surface area (Å²) in [6, 6.07) is 2.88. The number of alkyl halides is 3. The van der Waals surface area contributed by atoms with E-state index in [0.717, 1.165) is 31.2 Å². The Morgan fingerprint density at radius 3 is 2.67 bits per heavy atom. The van der Waals surface area contributed by atoms with Crippen LogP contribution in [0, 0.1) is 5.92 Å². The van der Waals surface area contributed by atoms with Gasteiger partial charge in [-0.3, -0.25) is 4.99 Å². The van der Waals surface area contributed by atoms with Gasteiger partial charge in [0.25, 0.3) is 0 Å². The van der Waals surface area contributed by atoms with Crippen LogP contribution in [0.5, 0.6) is 0 Å². The molecule has 24 heavy (non-hydrogen) atoms. The molecule has 3 N–H and O–H groups in total. The first-order chi connectivity index (χ1) is 11.4. The molecule has 1 aliphatic rings. The lowest BCUT2D eigenvalue weighted by Gasteiger charge is -2.11. The predicted molar refractivity (Wildman–Crippen MR) is 89.0 cm³/mol. The van der Waals surface area contributed by atoms with Crippen molar-refractivity contribution in [2.24, 2.45) is 10.9 Å². The van der Waals surface area contributed by atoms with Crippen LogP contribution >= 0.6 is 0 Å². The normalized spacial score (nSPS) is 20.6. The third kappa shape index (κ3) is 5.90. The van der Waals surface area contributed by atoms with E-state index in [1.54, 1.807) is 0 Å². The second-order valence-electron chi connectivity index (χ2n) is 5.93. The van der Waals surface area contributed by atoms with E-state index in [1.165, 1.54) is 12.5 Å². The molecule has 0 amide bonds. The SMILES string of the molecule is CCNC(=NCCCNc1ccc(C(F)(F)F)cn1)NC1CC1C. The van der Waals surface area contributed by atoms with E-state index < -0.39 is 11.7 Å². The number of aliphatic imine (C=N–C) groups is 1. The Bertz CT molecular complexity index is 542. The minimum atomic E-state index is -4.35. The molecule has 1 heterocycles. The molecule has 1 aromatic heterocycles. The van der Waals surface area contributed by atoms with Crippen LogP contribution in [0.1, 0.15) is 32.3 Å². The minimum Gasteiger partial charge on any atom is -0.370 e. The first-order valence-electron chi connectivity index (χ1n) is 8.22. The third-order valence-electron chi connectivity index (χ3n) is 3.78. The van der Waals surface area contributed by atoms with Gasteiger partial charge in [-0.15, -0.1) is 0 Å². The van der Waals surface area contributed by atoms with Gasteiger partial charge in [-0.05, 0) is 37.8 Å². The molecule has 1 aromatic rings. The zero-order valence-electron chi connectivity index (χ0n) is 14.0. The maximum absolute atomic E-state index is 12.4. The molecule has 8 heteroatoms. The summed E-state index contributed by atoms with van der Waals surface area (Å²) in [5.74, 6) is 1.95. The number of guanidine groups is 1. The number of hydrogen-bond donors (Lipinski definition) is 3. The lowest BCUT2D eigenvalue weighted by Crippen LogP contribution is -2.39. The maximum Gasteiger partial charge on any atom is 0.417 e. The van der Waals surface area contributed by atoms with Crippen molar-refractivity contribution in [3.8, 4) is 0 Å². The van der Waals surface area contributed by atoms with Gasteiger partial charge in [0.05, 0.1) is 5.56 Å². The van der Waals surface area contributed by atoms with E-state index in [-0.39, 0.29) is 0 Å². The fourth-order valence-electron chi connectivity index (χ4n) is 2.17. The second-order valence-corrected chi connectivity index (χ2v) is 5.93. The van der Waals surface area contributed by atoms with Crippen LogP contribution < -0.4 is 16.0 Å². The van der Waals surface area contributed by atoms with Crippen molar-refractivity contribution in [3.63, 3.8) is 0 Å². The average molecular weight is 343 g/mol. The van der Waals surface area contributed by atoms with Gasteiger partial charge in [0.2, 0.25) is 0 Å². The molecule has 0 aromatic carbocycles. The van der Waals surface area contributed by atoms with E-state index in [4.69, 9.17) is 0 Å². The standard InChI is InChI=1S/C16H24F3N5/c1-3-20-15(24-13-9-11(13)2)22-8-4-7-21-14-6-5-12(10-23-14)16(17,18)19/h5-6,10-11,13H,3-4,7-9H2,1-2H3,(H,21,23)(H2,20,22,24). The molecule has 2 unspecified atom stereocenters. The van der Waals surface area contributed by atoms with Crippen LogP contribution in [0.2, 0.25) is 0 Å². The summed E-state index contributed by atoms with van der Waals surface area (Å²) in [6.07, 6.45) is -1.58. The quantitative estimate of drug-likeness (QED) is 0.405. The number of hydrogen-bond acceptors (Lipinski definition) is 3. The summed E-state index contributed by atoms with van der Waals surface area (Å²) in [6.45, 7) is 6.25. The minimum absolute atomic E-state index is 0.434. The highest BCUT2D eigenvalue weighted by molar-refractivity contribution is 5.80. The van der Waals surface area contributed by atoms with E-state index in [0.29, 0.717) is 30.9 Å². The molecule has 0 saturated heterocycles. The van der Waals surface area contributed by atoms with Gasteiger partial charge >= 0.3 is 6.18 Å².